The Morgan fingerprint density at radius 3 is 2.24 bits per heavy atom. The van der Waals surface area contributed by atoms with E-state index in [-0.39, 0.29) is 6.42 Å². The van der Waals surface area contributed by atoms with Crippen molar-refractivity contribution < 1.29 is 19.8 Å². The Morgan fingerprint density at radius 2 is 1.76 bits per heavy atom. The molecule has 0 spiro atoms. The maximum atomic E-state index is 11.9. The third-order valence-corrected chi connectivity index (χ3v) is 4.21. The van der Waals surface area contributed by atoms with E-state index in [2.05, 4.69) is 0 Å². The van der Waals surface area contributed by atoms with Gasteiger partial charge in [-0.15, -0.1) is 0 Å². The number of carbonyl (C=O) groups is 2. The SMILES string of the molecule is CCCCCC(Cc1ccccc1)(C(=O)O)C(C)C(=O)O. The van der Waals surface area contributed by atoms with Gasteiger partial charge in [-0.1, -0.05) is 63.4 Å². The van der Waals surface area contributed by atoms with Gasteiger partial charge in [0.2, 0.25) is 0 Å². The van der Waals surface area contributed by atoms with Gasteiger partial charge in [0.15, 0.2) is 0 Å². The summed E-state index contributed by atoms with van der Waals surface area (Å²) in [7, 11) is 0. The molecule has 2 N–H and O–H groups in total. The van der Waals surface area contributed by atoms with Gasteiger partial charge in [-0.3, -0.25) is 9.59 Å². The van der Waals surface area contributed by atoms with E-state index in [0.29, 0.717) is 6.42 Å². The van der Waals surface area contributed by atoms with Gasteiger partial charge in [0.1, 0.15) is 0 Å². The molecule has 0 aliphatic heterocycles. The summed E-state index contributed by atoms with van der Waals surface area (Å²) in [5, 5.41) is 19.1. The van der Waals surface area contributed by atoms with Gasteiger partial charge >= 0.3 is 11.9 Å². The molecule has 0 fully saturated rings. The molecule has 0 aliphatic rings. The van der Waals surface area contributed by atoms with Crippen LogP contribution in [0.1, 0.15) is 45.1 Å². The molecule has 4 nitrogen and oxygen atoms in total. The van der Waals surface area contributed by atoms with Crippen molar-refractivity contribution in [1.29, 1.82) is 0 Å². The van der Waals surface area contributed by atoms with Gasteiger partial charge in [-0.25, -0.2) is 0 Å². The van der Waals surface area contributed by atoms with E-state index >= 15 is 0 Å². The van der Waals surface area contributed by atoms with Gasteiger partial charge in [-0.2, -0.15) is 0 Å². The van der Waals surface area contributed by atoms with Crippen LogP contribution in [0.4, 0.5) is 0 Å². The largest absolute Gasteiger partial charge is 0.481 e. The van der Waals surface area contributed by atoms with Crippen molar-refractivity contribution in [2.75, 3.05) is 0 Å². The molecule has 1 aromatic carbocycles. The van der Waals surface area contributed by atoms with Crippen LogP contribution >= 0.6 is 0 Å². The highest BCUT2D eigenvalue weighted by atomic mass is 16.4. The van der Waals surface area contributed by atoms with E-state index < -0.39 is 23.3 Å². The minimum Gasteiger partial charge on any atom is -0.481 e. The average molecular weight is 292 g/mol. The third kappa shape index (κ3) is 4.31. The second kappa shape index (κ2) is 7.81. The molecule has 0 aliphatic carbocycles. The smallest absolute Gasteiger partial charge is 0.310 e. The lowest BCUT2D eigenvalue weighted by Gasteiger charge is -2.33. The van der Waals surface area contributed by atoms with E-state index in [0.717, 1.165) is 24.8 Å². The second-order valence-electron chi connectivity index (χ2n) is 5.64. The summed E-state index contributed by atoms with van der Waals surface area (Å²) in [5.41, 5.74) is -0.382. The minimum absolute atomic E-state index is 0.250. The molecule has 0 saturated heterocycles. The molecule has 2 atom stereocenters. The van der Waals surface area contributed by atoms with E-state index in [1.807, 2.05) is 37.3 Å². The van der Waals surface area contributed by atoms with Crippen molar-refractivity contribution in [3.63, 3.8) is 0 Å². The van der Waals surface area contributed by atoms with Crippen molar-refractivity contribution >= 4 is 11.9 Å². The first-order valence-electron chi connectivity index (χ1n) is 7.44. The van der Waals surface area contributed by atoms with Crippen LogP contribution in [0.5, 0.6) is 0 Å². The van der Waals surface area contributed by atoms with Gasteiger partial charge in [0.05, 0.1) is 11.3 Å². The van der Waals surface area contributed by atoms with Gasteiger partial charge in [0.25, 0.3) is 0 Å². The monoisotopic (exact) mass is 292 g/mol. The zero-order valence-electron chi connectivity index (χ0n) is 12.7. The Kier molecular flexibility index (Phi) is 6.40. The van der Waals surface area contributed by atoms with Crippen molar-refractivity contribution in [1.82, 2.24) is 0 Å². The summed E-state index contributed by atoms with van der Waals surface area (Å²) in [6.07, 6.45) is 3.25. The summed E-state index contributed by atoms with van der Waals surface area (Å²) >= 11 is 0. The zero-order chi connectivity index (χ0) is 15.9. The van der Waals surface area contributed by atoms with Crippen LogP contribution in [0.3, 0.4) is 0 Å². The predicted octanol–water partition coefficient (Wildman–Crippen LogP) is 3.60. The van der Waals surface area contributed by atoms with Crippen LogP contribution in [0, 0.1) is 11.3 Å². The summed E-state index contributed by atoms with van der Waals surface area (Å²) in [6.45, 7) is 3.55. The Balaban J connectivity index is 3.10. The summed E-state index contributed by atoms with van der Waals surface area (Å²) in [5.74, 6) is -2.99. The summed E-state index contributed by atoms with van der Waals surface area (Å²) in [4.78, 5) is 23.3. The fraction of sp³-hybridized carbons (Fsp3) is 0.529. The number of rotatable bonds is 9. The molecule has 2 unspecified atom stereocenters. The molecule has 116 valence electrons. The number of hydrogen-bond acceptors (Lipinski definition) is 2. The number of carboxylic acids is 2. The van der Waals surface area contributed by atoms with Crippen molar-refractivity contribution in [3.05, 3.63) is 35.9 Å². The Labute approximate surface area is 125 Å². The molecule has 0 aromatic heterocycles. The molecule has 0 heterocycles. The number of hydrogen-bond donors (Lipinski definition) is 2. The van der Waals surface area contributed by atoms with Crippen LogP contribution in [0.15, 0.2) is 30.3 Å². The number of carboxylic acid groups (broad SMARTS) is 2. The summed E-state index contributed by atoms with van der Waals surface area (Å²) < 4.78 is 0. The molecule has 0 bridgehead atoms. The minimum atomic E-state index is -1.25. The predicted molar refractivity (Wildman–Crippen MR) is 81.2 cm³/mol. The molecule has 1 rings (SSSR count). The van der Waals surface area contributed by atoms with Crippen molar-refractivity contribution in [3.8, 4) is 0 Å². The van der Waals surface area contributed by atoms with Crippen molar-refractivity contribution in [2.24, 2.45) is 11.3 Å². The van der Waals surface area contributed by atoms with Gasteiger partial charge in [0, 0.05) is 0 Å². The molecule has 21 heavy (non-hydrogen) atoms. The fourth-order valence-electron chi connectivity index (χ4n) is 2.71. The Morgan fingerprint density at radius 1 is 1.14 bits per heavy atom. The van der Waals surface area contributed by atoms with Crippen LogP contribution < -0.4 is 0 Å². The standard InChI is InChI=1S/C17H24O4/c1-3-4-8-11-17(16(20)21,13(2)15(18)19)12-14-9-6-5-7-10-14/h5-7,9-10,13H,3-4,8,11-12H2,1-2H3,(H,18,19)(H,20,21). The van der Waals surface area contributed by atoms with E-state index in [9.17, 15) is 19.8 Å². The Hall–Kier alpha value is -1.84. The highest BCUT2D eigenvalue weighted by Gasteiger charge is 2.46. The van der Waals surface area contributed by atoms with E-state index in [1.165, 1.54) is 6.92 Å². The van der Waals surface area contributed by atoms with Gasteiger partial charge in [-0.05, 0) is 18.4 Å². The lowest BCUT2D eigenvalue weighted by Crippen LogP contribution is -2.43. The molecule has 0 radical (unpaired) electrons. The first-order chi connectivity index (χ1) is 9.94. The lowest BCUT2D eigenvalue weighted by atomic mass is 9.68. The Bertz CT molecular complexity index is 469. The maximum absolute atomic E-state index is 11.9. The molecule has 1 aromatic rings. The molecular formula is C17H24O4. The first-order valence-corrected chi connectivity index (χ1v) is 7.44. The number of benzene rings is 1. The first kappa shape index (κ1) is 17.2. The topological polar surface area (TPSA) is 74.6 Å². The highest BCUT2D eigenvalue weighted by molar-refractivity contribution is 5.83. The third-order valence-electron chi connectivity index (χ3n) is 4.21. The van der Waals surface area contributed by atoms with E-state index in [1.54, 1.807) is 0 Å². The van der Waals surface area contributed by atoms with Crippen molar-refractivity contribution in [2.45, 2.75) is 46.0 Å². The highest BCUT2D eigenvalue weighted by Crippen LogP contribution is 2.38. The van der Waals surface area contributed by atoms with Crippen LogP contribution in [0.2, 0.25) is 0 Å². The van der Waals surface area contributed by atoms with E-state index in [4.69, 9.17) is 0 Å². The number of aliphatic carboxylic acids is 2. The normalized spacial score (nSPS) is 15.1. The fourth-order valence-corrected chi connectivity index (χ4v) is 2.71. The molecule has 0 amide bonds. The lowest BCUT2D eigenvalue weighted by molar-refractivity contribution is -0.162. The molecule has 4 heteroatoms. The van der Waals surface area contributed by atoms with Crippen LogP contribution in [-0.4, -0.2) is 22.2 Å². The maximum Gasteiger partial charge on any atom is 0.310 e. The van der Waals surface area contributed by atoms with Crippen LogP contribution in [-0.2, 0) is 16.0 Å². The quantitative estimate of drug-likeness (QED) is 0.682. The molecular weight excluding hydrogens is 268 g/mol. The summed E-state index contributed by atoms with van der Waals surface area (Å²) in [6, 6.07) is 9.26. The second-order valence-corrected chi connectivity index (χ2v) is 5.64. The number of unbranched alkanes of at least 4 members (excludes halogenated alkanes) is 2. The average Bonchev–Trinajstić information content (AvgIpc) is 2.46. The molecule has 0 saturated carbocycles. The zero-order valence-corrected chi connectivity index (χ0v) is 12.7. The van der Waals surface area contributed by atoms with Gasteiger partial charge < -0.3 is 10.2 Å². The van der Waals surface area contributed by atoms with Crippen LogP contribution in [0.25, 0.3) is 0 Å².